The first-order valence-corrected chi connectivity index (χ1v) is 8.65. The Hall–Kier alpha value is -1.99. The van der Waals surface area contributed by atoms with Gasteiger partial charge in [0.25, 0.3) is 0 Å². The molecule has 3 rings (SSSR count). The Bertz CT molecular complexity index is 803. The zero-order valence-corrected chi connectivity index (χ0v) is 14.9. The van der Waals surface area contributed by atoms with Crippen LogP contribution in [0.1, 0.15) is 30.1 Å². The predicted octanol–water partition coefficient (Wildman–Crippen LogP) is 4.47. The molecule has 1 aliphatic heterocycles. The van der Waals surface area contributed by atoms with Gasteiger partial charge >= 0.3 is 6.18 Å². The number of likely N-dealkylation sites (tertiary alicyclic amines) is 1. The Labute approximate surface area is 154 Å². The number of nitrogens with one attached hydrogen (secondary N) is 1. The van der Waals surface area contributed by atoms with Crippen molar-refractivity contribution in [3.05, 3.63) is 52.8 Å². The van der Waals surface area contributed by atoms with Gasteiger partial charge in [-0.25, -0.2) is 0 Å². The van der Waals surface area contributed by atoms with E-state index < -0.39 is 11.7 Å². The van der Waals surface area contributed by atoms with E-state index in [9.17, 15) is 18.0 Å². The molecule has 0 spiro atoms. The summed E-state index contributed by atoms with van der Waals surface area (Å²) in [5, 5.41) is 2.59. The molecule has 26 heavy (non-hydrogen) atoms. The highest BCUT2D eigenvalue weighted by atomic mass is 35.5. The fraction of sp³-hybridized carbons (Fsp3) is 0.389. The normalized spacial score (nSPS) is 18.3. The molecule has 1 aromatic heterocycles. The van der Waals surface area contributed by atoms with Crippen LogP contribution in [0.4, 0.5) is 18.9 Å². The summed E-state index contributed by atoms with van der Waals surface area (Å²) in [6, 6.07) is 6.99. The van der Waals surface area contributed by atoms with E-state index in [1.54, 1.807) is 0 Å². The monoisotopic (exact) mass is 385 g/mol. The van der Waals surface area contributed by atoms with Crippen molar-refractivity contribution in [2.75, 3.05) is 18.4 Å². The minimum Gasteiger partial charge on any atom is -0.353 e. The number of carbonyl (C=O) groups excluding carboxylic acids is 1. The van der Waals surface area contributed by atoms with Crippen molar-refractivity contribution in [2.24, 2.45) is 7.05 Å². The number of benzene rings is 1. The maximum Gasteiger partial charge on any atom is 0.416 e. The van der Waals surface area contributed by atoms with Gasteiger partial charge in [-0.15, -0.1) is 0 Å². The standard InChI is InChI=1S/C18H19ClF3N3O/c1-24-8-2-4-15(24)16-5-3-9-25(16)11-17(26)23-14-10-12(18(20,21)22)6-7-13(14)19/h2,4,6-8,10,16H,3,5,9,11H2,1H3,(H,23,26)/t16-/m1/s1. The Kier molecular flexibility index (Phi) is 5.29. The molecule has 0 saturated carbocycles. The maximum atomic E-state index is 12.8. The molecule has 2 heterocycles. The Balaban J connectivity index is 1.70. The molecule has 1 fully saturated rings. The van der Waals surface area contributed by atoms with E-state index in [-0.39, 0.29) is 29.2 Å². The molecule has 1 atom stereocenters. The van der Waals surface area contributed by atoms with Crippen LogP contribution in [0.15, 0.2) is 36.5 Å². The number of halogens is 4. The molecule has 1 aromatic carbocycles. The van der Waals surface area contributed by atoms with E-state index in [0.717, 1.165) is 43.3 Å². The third-order valence-corrected chi connectivity index (χ3v) is 4.93. The molecular weight excluding hydrogens is 367 g/mol. The number of aryl methyl sites for hydroxylation is 1. The Morgan fingerprint density at radius 1 is 1.35 bits per heavy atom. The van der Waals surface area contributed by atoms with E-state index in [2.05, 4.69) is 5.32 Å². The second-order valence-corrected chi connectivity index (χ2v) is 6.82. The molecule has 1 saturated heterocycles. The summed E-state index contributed by atoms with van der Waals surface area (Å²) in [5.74, 6) is -0.382. The van der Waals surface area contributed by atoms with Gasteiger partial charge in [-0.1, -0.05) is 11.6 Å². The molecule has 0 unspecified atom stereocenters. The summed E-state index contributed by atoms with van der Waals surface area (Å²) in [6.07, 6.45) is -0.631. The molecule has 0 radical (unpaired) electrons. The van der Waals surface area contributed by atoms with E-state index in [0.29, 0.717) is 0 Å². The summed E-state index contributed by atoms with van der Waals surface area (Å²) < 4.78 is 40.6. The van der Waals surface area contributed by atoms with Gasteiger partial charge in [-0.3, -0.25) is 9.69 Å². The van der Waals surface area contributed by atoms with Gasteiger partial charge in [0.05, 0.1) is 28.9 Å². The summed E-state index contributed by atoms with van der Waals surface area (Å²) >= 11 is 5.94. The number of hydrogen-bond donors (Lipinski definition) is 1. The van der Waals surface area contributed by atoms with Gasteiger partial charge in [-0.05, 0) is 49.7 Å². The average molecular weight is 386 g/mol. The highest BCUT2D eigenvalue weighted by Gasteiger charge is 2.32. The molecule has 8 heteroatoms. The molecule has 140 valence electrons. The van der Waals surface area contributed by atoms with Gasteiger partial charge in [-0.2, -0.15) is 13.2 Å². The Morgan fingerprint density at radius 3 is 2.77 bits per heavy atom. The van der Waals surface area contributed by atoms with Gasteiger partial charge in [0.15, 0.2) is 0 Å². The van der Waals surface area contributed by atoms with Crippen LogP contribution in [0, 0.1) is 0 Å². The molecular formula is C18H19ClF3N3O. The van der Waals surface area contributed by atoms with Crippen LogP contribution in [-0.2, 0) is 18.0 Å². The lowest BCUT2D eigenvalue weighted by molar-refractivity contribution is -0.137. The van der Waals surface area contributed by atoms with Crippen molar-refractivity contribution in [3.8, 4) is 0 Å². The summed E-state index contributed by atoms with van der Waals surface area (Å²) in [5.41, 5.74) is 0.244. The van der Waals surface area contributed by atoms with Gasteiger partial charge in [0.2, 0.25) is 5.91 Å². The highest BCUT2D eigenvalue weighted by Crippen LogP contribution is 2.34. The lowest BCUT2D eigenvalue weighted by Gasteiger charge is -2.24. The largest absolute Gasteiger partial charge is 0.416 e. The van der Waals surface area contributed by atoms with Gasteiger partial charge in [0, 0.05) is 18.9 Å². The molecule has 1 aliphatic rings. The zero-order valence-electron chi connectivity index (χ0n) is 14.2. The lowest BCUT2D eigenvalue weighted by Crippen LogP contribution is -2.33. The van der Waals surface area contributed by atoms with Crippen molar-refractivity contribution in [2.45, 2.75) is 25.1 Å². The second kappa shape index (κ2) is 7.32. The number of hydrogen-bond acceptors (Lipinski definition) is 2. The molecule has 1 amide bonds. The Morgan fingerprint density at radius 2 is 2.12 bits per heavy atom. The zero-order chi connectivity index (χ0) is 18.9. The van der Waals surface area contributed by atoms with Gasteiger partial charge < -0.3 is 9.88 Å². The van der Waals surface area contributed by atoms with Crippen molar-refractivity contribution in [3.63, 3.8) is 0 Å². The van der Waals surface area contributed by atoms with E-state index in [1.165, 1.54) is 0 Å². The van der Waals surface area contributed by atoms with Gasteiger partial charge in [0.1, 0.15) is 0 Å². The van der Waals surface area contributed by atoms with E-state index in [1.807, 2.05) is 34.8 Å². The van der Waals surface area contributed by atoms with Crippen LogP contribution in [0.25, 0.3) is 0 Å². The number of anilines is 1. The van der Waals surface area contributed by atoms with Crippen LogP contribution >= 0.6 is 11.6 Å². The SMILES string of the molecule is Cn1cccc1[C@H]1CCCN1CC(=O)Nc1cc(C(F)(F)F)ccc1Cl. The third kappa shape index (κ3) is 4.04. The van der Waals surface area contributed by atoms with Crippen LogP contribution in [0.3, 0.4) is 0 Å². The topological polar surface area (TPSA) is 37.3 Å². The van der Waals surface area contributed by atoms with E-state index in [4.69, 9.17) is 11.6 Å². The minimum atomic E-state index is -4.49. The number of carbonyl (C=O) groups is 1. The summed E-state index contributed by atoms with van der Waals surface area (Å²) in [4.78, 5) is 14.4. The average Bonchev–Trinajstić information content (AvgIpc) is 3.16. The second-order valence-electron chi connectivity index (χ2n) is 6.41. The van der Waals surface area contributed by atoms with Crippen molar-refractivity contribution < 1.29 is 18.0 Å². The first kappa shape index (κ1) is 18.8. The minimum absolute atomic E-state index is 0.0268. The number of aromatic nitrogens is 1. The van der Waals surface area contributed by atoms with Crippen molar-refractivity contribution in [1.29, 1.82) is 0 Å². The molecule has 0 aliphatic carbocycles. The van der Waals surface area contributed by atoms with Crippen molar-refractivity contribution in [1.82, 2.24) is 9.47 Å². The number of nitrogens with zero attached hydrogens (tertiary/aromatic N) is 2. The fourth-order valence-corrected chi connectivity index (χ4v) is 3.51. The summed E-state index contributed by atoms with van der Waals surface area (Å²) in [7, 11) is 1.95. The summed E-state index contributed by atoms with van der Waals surface area (Å²) in [6.45, 7) is 0.863. The smallest absolute Gasteiger partial charge is 0.353 e. The quantitative estimate of drug-likeness (QED) is 0.843. The molecule has 1 N–H and O–H groups in total. The molecule has 2 aromatic rings. The van der Waals surface area contributed by atoms with Crippen LogP contribution in [-0.4, -0.2) is 28.5 Å². The van der Waals surface area contributed by atoms with E-state index >= 15 is 0 Å². The highest BCUT2D eigenvalue weighted by molar-refractivity contribution is 6.33. The molecule has 4 nitrogen and oxygen atoms in total. The van der Waals surface area contributed by atoms with Crippen LogP contribution < -0.4 is 5.32 Å². The number of alkyl halides is 3. The number of rotatable bonds is 4. The predicted molar refractivity (Wildman–Crippen MR) is 94.0 cm³/mol. The number of amides is 1. The van der Waals surface area contributed by atoms with Crippen LogP contribution in [0.2, 0.25) is 5.02 Å². The molecule has 0 bridgehead atoms. The maximum absolute atomic E-state index is 12.8. The van der Waals surface area contributed by atoms with Crippen LogP contribution in [0.5, 0.6) is 0 Å². The fourth-order valence-electron chi connectivity index (χ4n) is 3.34. The van der Waals surface area contributed by atoms with Crippen molar-refractivity contribution >= 4 is 23.2 Å². The first-order valence-electron chi connectivity index (χ1n) is 8.27. The lowest BCUT2D eigenvalue weighted by atomic mass is 10.1. The third-order valence-electron chi connectivity index (χ3n) is 4.60. The first-order chi connectivity index (χ1) is 12.3.